The molecule has 0 radical (unpaired) electrons. The summed E-state index contributed by atoms with van der Waals surface area (Å²) in [6, 6.07) is 8.30. The Hall–Kier alpha value is 0.274. The molecule has 13 heavy (non-hydrogen) atoms. The zero-order chi connectivity index (χ0) is 6.69. The van der Waals surface area contributed by atoms with Crippen LogP contribution in [0, 0.1) is 0 Å². The second-order valence-corrected chi connectivity index (χ2v) is 1.67. The third-order valence-electron chi connectivity index (χ3n) is 1.02. The number of rotatable bonds is 1. The number of carboxylic acids is 1. The first-order valence-electron chi connectivity index (χ1n) is 2.59. The second kappa shape index (κ2) is 12.3. The van der Waals surface area contributed by atoms with Crippen molar-refractivity contribution >= 4 is 43.2 Å². The summed E-state index contributed by atoms with van der Waals surface area (Å²) in [6.07, 6.45) is 0. The van der Waals surface area contributed by atoms with Gasteiger partial charge in [-0.3, -0.25) is 0 Å². The van der Waals surface area contributed by atoms with Crippen LogP contribution in [0.1, 0.15) is 10.4 Å². The molecule has 0 fully saturated rings. The van der Waals surface area contributed by atoms with Gasteiger partial charge in [-0.25, -0.2) is 4.79 Å². The molecule has 0 unspecified atom stereocenters. The molecule has 2 nitrogen and oxygen atoms in total. The van der Waals surface area contributed by atoms with Gasteiger partial charge in [-0.2, -0.15) is 0 Å². The van der Waals surface area contributed by atoms with Gasteiger partial charge in [-0.05, 0) is 12.1 Å². The summed E-state index contributed by atoms with van der Waals surface area (Å²) < 4.78 is 0. The molecule has 0 aliphatic heterocycles. The maximum absolute atomic E-state index is 10.2. The molecule has 1 rings (SSSR count). The number of halogens is 3. The van der Waals surface area contributed by atoms with Crippen LogP contribution >= 0.6 is 37.2 Å². The fourth-order valence-electron chi connectivity index (χ4n) is 0.581. The minimum absolute atomic E-state index is 0. The Morgan fingerprint density at radius 2 is 1.38 bits per heavy atom. The van der Waals surface area contributed by atoms with Crippen molar-refractivity contribution in [2.75, 3.05) is 0 Å². The Balaban J connectivity index is -0.000000101. The van der Waals surface area contributed by atoms with Crippen molar-refractivity contribution in [2.24, 2.45) is 0 Å². The third-order valence-corrected chi connectivity index (χ3v) is 1.02. The number of carboxylic acid groups (broad SMARTS) is 1. The number of aromatic carboxylic acids is 1. The van der Waals surface area contributed by atoms with Crippen LogP contribution in [-0.2, 0) is 21.7 Å². The maximum Gasteiger partial charge on any atom is 0.335 e. The van der Waals surface area contributed by atoms with Crippen LogP contribution in [0.4, 0.5) is 0 Å². The molecule has 0 saturated carbocycles. The molecule has 1 aromatic carbocycles. The van der Waals surface area contributed by atoms with Gasteiger partial charge in [0.15, 0.2) is 0 Å². The summed E-state index contributed by atoms with van der Waals surface area (Å²) in [6.45, 7) is 0. The Morgan fingerprint density at radius 1 is 1.00 bits per heavy atom. The van der Waals surface area contributed by atoms with Crippen molar-refractivity contribution in [2.45, 2.75) is 0 Å². The summed E-state index contributed by atoms with van der Waals surface area (Å²) in [4.78, 5) is 10.2. The number of hydrogen-bond acceptors (Lipinski definition) is 1. The van der Waals surface area contributed by atoms with E-state index in [4.69, 9.17) is 5.11 Å². The summed E-state index contributed by atoms with van der Waals surface area (Å²) in [5, 5.41) is 8.38. The van der Waals surface area contributed by atoms with E-state index in [-0.39, 0.29) is 58.9 Å². The van der Waals surface area contributed by atoms with Crippen LogP contribution in [0.25, 0.3) is 0 Å². The summed E-state index contributed by atoms with van der Waals surface area (Å²) in [5.41, 5.74) is 0.331. The van der Waals surface area contributed by atoms with Gasteiger partial charge < -0.3 is 5.11 Å². The first-order chi connectivity index (χ1) is 4.30. The van der Waals surface area contributed by atoms with Gasteiger partial charge in [0.05, 0.1) is 5.56 Å². The van der Waals surface area contributed by atoms with Gasteiger partial charge >= 0.3 is 5.97 Å². The summed E-state index contributed by atoms with van der Waals surface area (Å²) in [7, 11) is 0. The van der Waals surface area contributed by atoms with E-state index in [1.807, 2.05) is 0 Å². The van der Waals surface area contributed by atoms with Crippen LogP contribution in [0.15, 0.2) is 30.3 Å². The van der Waals surface area contributed by atoms with Gasteiger partial charge in [-0.1, -0.05) is 18.2 Å². The molecule has 0 heterocycles. The third kappa shape index (κ3) is 8.60. The van der Waals surface area contributed by atoms with Crippen LogP contribution in [0.2, 0.25) is 0 Å². The van der Waals surface area contributed by atoms with E-state index in [0.29, 0.717) is 5.56 Å². The van der Waals surface area contributed by atoms with Crippen molar-refractivity contribution in [3.8, 4) is 0 Å². The molecule has 0 spiro atoms. The van der Waals surface area contributed by atoms with Gasteiger partial charge in [-0.15, -0.1) is 37.2 Å². The van der Waals surface area contributed by atoms with E-state index in [0.717, 1.165) is 0 Å². The fraction of sp³-hybridized carbons (Fsp3) is 0. The van der Waals surface area contributed by atoms with E-state index in [9.17, 15) is 4.79 Å². The molecule has 0 atom stereocenters. The molecule has 0 aliphatic rings. The number of hydrogen-bond donors (Lipinski definition) is 1. The Labute approximate surface area is 110 Å². The SMILES string of the molecule is Cl.Cl.Cl.O=C(O)c1ccccc1.[Ti]. The molecule has 0 aromatic heterocycles. The average Bonchev–Trinajstić information content (AvgIpc) is 1.90. The molecule has 1 aromatic rings. The van der Waals surface area contributed by atoms with Gasteiger partial charge in [0, 0.05) is 21.7 Å². The van der Waals surface area contributed by atoms with E-state index in [1.54, 1.807) is 30.3 Å². The van der Waals surface area contributed by atoms with Crippen LogP contribution in [-0.4, -0.2) is 11.1 Å². The zero-order valence-corrected chi connectivity index (χ0v) is 10.5. The average molecular weight is 279 g/mol. The molecule has 1 N–H and O–H groups in total. The van der Waals surface area contributed by atoms with Gasteiger partial charge in [0.2, 0.25) is 0 Å². The fourth-order valence-corrected chi connectivity index (χ4v) is 0.581. The Kier molecular flexibility index (Phi) is 22.0. The van der Waals surface area contributed by atoms with Crippen molar-refractivity contribution in [3.05, 3.63) is 35.9 Å². The Bertz CT molecular complexity index is 218. The monoisotopic (exact) mass is 278 g/mol. The minimum atomic E-state index is -0.879. The maximum atomic E-state index is 10.2. The number of carbonyl (C=O) groups is 1. The van der Waals surface area contributed by atoms with Crippen molar-refractivity contribution in [3.63, 3.8) is 0 Å². The molecule has 0 aliphatic carbocycles. The Morgan fingerprint density at radius 3 is 1.62 bits per heavy atom. The summed E-state index contributed by atoms with van der Waals surface area (Å²) >= 11 is 0. The summed E-state index contributed by atoms with van der Waals surface area (Å²) in [5.74, 6) is -0.879. The van der Waals surface area contributed by atoms with Crippen molar-refractivity contribution in [1.82, 2.24) is 0 Å². The van der Waals surface area contributed by atoms with Crippen molar-refractivity contribution in [1.29, 1.82) is 0 Å². The molecule has 74 valence electrons. The quantitative estimate of drug-likeness (QED) is 0.802. The van der Waals surface area contributed by atoms with Gasteiger partial charge in [0.1, 0.15) is 0 Å². The van der Waals surface area contributed by atoms with Crippen LogP contribution in [0.3, 0.4) is 0 Å². The molecular formula is C7H9Cl3O2Ti. The minimum Gasteiger partial charge on any atom is -0.478 e. The molecule has 0 saturated heterocycles. The molecule has 0 amide bonds. The standard InChI is InChI=1S/C7H6O2.3ClH.Ti/c8-7(9)6-4-2-1-3-5-6;;;;/h1-5H,(H,8,9);3*1H;. The molecule has 0 bridgehead atoms. The smallest absolute Gasteiger partial charge is 0.335 e. The molecular weight excluding hydrogens is 270 g/mol. The van der Waals surface area contributed by atoms with E-state index >= 15 is 0 Å². The molecule has 6 heteroatoms. The number of benzene rings is 1. The van der Waals surface area contributed by atoms with Crippen LogP contribution < -0.4 is 0 Å². The van der Waals surface area contributed by atoms with Gasteiger partial charge in [0.25, 0.3) is 0 Å². The predicted octanol–water partition coefficient (Wildman–Crippen LogP) is 2.65. The van der Waals surface area contributed by atoms with E-state index < -0.39 is 5.97 Å². The largest absolute Gasteiger partial charge is 0.478 e. The second-order valence-electron chi connectivity index (χ2n) is 1.67. The first kappa shape index (κ1) is 23.3. The topological polar surface area (TPSA) is 37.3 Å². The zero-order valence-electron chi connectivity index (χ0n) is 6.47. The first-order valence-corrected chi connectivity index (χ1v) is 2.59. The van der Waals surface area contributed by atoms with Crippen molar-refractivity contribution < 1.29 is 31.6 Å². The normalized spacial score (nSPS) is 6.15. The van der Waals surface area contributed by atoms with Crippen LogP contribution in [0.5, 0.6) is 0 Å². The van der Waals surface area contributed by atoms with E-state index in [2.05, 4.69) is 0 Å². The van der Waals surface area contributed by atoms with E-state index in [1.165, 1.54) is 0 Å². The predicted molar refractivity (Wildman–Crippen MR) is 55.1 cm³/mol.